The predicted octanol–water partition coefficient (Wildman–Crippen LogP) is 3.49. The van der Waals surface area contributed by atoms with Crippen LogP contribution in [0.2, 0.25) is 0 Å². The van der Waals surface area contributed by atoms with Gasteiger partial charge in [0.25, 0.3) is 5.91 Å². The van der Waals surface area contributed by atoms with Crippen molar-refractivity contribution < 1.29 is 37.3 Å². The van der Waals surface area contributed by atoms with Gasteiger partial charge in [0.05, 0.1) is 25.5 Å². The van der Waals surface area contributed by atoms with Gasteiger partial charge in [-0.25, -0.2) is 4.79 Å². The molecular formula is C19H19F2NO6. The molecule has 1 atom stereocenters. The molecule has 2 rings (SSSR count). The average molecular weight is 395 g/mol. The lowest BCUT2D eigenvalue weighted by molar-refractivity contribution is -0.123. The van der Waals surface area contributed by atoms with Gasteiger partial charge in [-0.15, -0.1) is 0 Å². The number of esters is 1. The Morgan fingerprint density at radius 2 is 1.64 bits per heavy atom. The minimum atomic E-state index is -3.04. The number of methoxy groups -OCH3 is 2. The van der Waals surface area contributed by atoms with Crippen molar-refractivity contribution >= 4 is 17.6 Å². The van der Waals surface area contributed by atoms with E-state index in [1.165, 1.54) is 33.3 Å². The average Bonchev–Trinajstić information content (AvgIpc) is 2.68. The normalized spacial score (nSPS) is 11.5. The van der Waals surface area contributed by atoms with Crippen molar-refractivity contribution in [2.45, 2.75) is 19.6 Å². The second kappa shape index (κ2) is 9.54. The van der Waals surface area contributed by atoms with Gasteiger partial charge in [0.15, 0.2) is 17.6 Å². The standard InChI is InChI=1S/C19H19F2NO6/c1-11(17(23)22-13-6-4-5-7-14(13)25-2)27-18(24)12-8-9-15(28-19(20)21)16(10-12)26-3/h4-11,19H,1-3H3,(H,22,23). The predicted molar refractivity (Wildman–Crippen MR) is 96.1 cm³/mol. The molecule has 2 aromatic rings. The Morgan fingerprint density at radius 3 is 2.29 bits per heavy atom. The third kappa shape index (κ3) is 5.32. The van der Waals surface area contributed by atoms with Crippen LogP contribution in [0.3, 0.4) is 0 Å². The van der Waals surface area contributed by atoms with Crippen LogP contribution in [-0.4, -0.2) is 38.8 Å². The number of para-hydroxylation sites is 2. The largest absolute Gasteiger partial charge is 0.495 e. The van der Waals surface area contributed by atoms with Crippen LogP contribution in [-0.2, 0) is 9.53 Å². The third-order valence-corrected chi connectivity index (χ3v) is 3.63. The molecule has 0 fully saturated rings. The maximum Gasteiger partial charge on any atom is 0.387 e. The summed E-state index contributed by atoms with van der Waals surface area (Å²) in [7, 11) is 2.70. The van der Waals surface area contributed by atoms with Crippen molar-refractivity contribution in [1.82, 2.24) is 0 Å². The molecule has 0 radical (unpaired) electrons. The molecule has 9 heteroatoms. The van der Waals surface area contributed by atoms with Crippen LogP contribution in [0.5, 0.6) is 17.2 Å². The van der Waals surface area contributed by atoms with Gasteiger partial charge in [-0.2, -0.15) is 8.78 Å². The topological polar surface area (TPSA) is 83.1 Å². The van der Waals surface area contributed by atoms with Gasteiger partial charge in [0, 0.05) is 0 Å². The van der Waals surface area contributed by atoms with E-state index in [1.54, 1.807) is 24.3 Å². The summed E-state index contributed by atoms with van der Waals surface area (Å²) < 4.78 is 44.2. The Balaban J connectivity index is 2.06. The number of carbonyl (C=O) groups is 2. The van der Waals surface area contributed by atoms with Crippen LogP contribution in [0.1, 0.15) is 17.3 Å². The van der Waals surface area contributed by atoms with Crippen molar-refractivity contribution in [3.05, 3.63) is 48.0 Å². The van der Waals surface area contributed by atoms with E-state index < -0.39 is 24.6 Å². The highest BCUT2D eigenvalue weighted by molar-refractivity contribution is 5.98. The highest BCUT2D eigenvalue weighted by Gasteiger charge is 2.21. The van der Waals surface area contributed by atoms with E-state index in [0.29, 0.717) is 11.4 Å². The number of hydrogen-bond donors (Lipinski definition) is 1. The lowest BCUT2D eigenvalue weighted by Gasteiger charge is -2.16. The van der Waals surface area contributed by atoms with Gasteiger partial charge < -0.3 is 24.3 Å². The molecule has 2 aromatic carbocycles. The summed E-state index contributed by atoms with van der Waals surface area (Å²) in [6.45, 7) is -1.64. The Labute approximate surface area is 160 Å². The van der Waals surface area contributed by atoms with Gasteiger partial charge in [-0.3, -0.25) is 4.79 Å². The fourth-order valence-electron chi connectivity index (χ4n) is 2.25. The molecule has 0 aliphatic carbocycles. The first-order chi connectivity index (χ1) is 13.3. The molecule has 0 aliphatic rings. The van der Waals surface area contributed by atoms with E-state index in [2.05, 4.69) is 10.1 Å². The van der Waals surface area contributed by atoms with Crippen LogP contribution in [0, 0.1) is 0 Å². The zero-order valence-corrected chi connectivity index (χ0v) is 15.4. The van der Waals surface area contributed by atoms with Crippen LogP contribution in [0.4, 0.5) is 14.5 Å². The quantitative estimate of drug-likeness (QED) is 0.689. The van der Waals surface area contributed by atoms with E-state index in [-0.39, 0.29) is 17.1 Å². The molecule has 0 saturated carbocycles. The third-order valence-electron chi connectivity index (χ3n) is 3.63. The summed E-state index contributed by atoms with van der Waals surface area (Å²) in [4.78, 5) is 24.5. The second-order valence-electron chi connectivity index (χ2n) is 5.48. The van der Waals surface area contributed by atoms with Crippen LogP contribution in [0.15, 0.2) is 42.5 Å². The molecule has 1 N–H and O–H groups in total. The number of anilines is 1. The second-order valence-corrected chi connectivity index (χ2v) is 5.48. The minimum absolute atomic E-state index is 0.00964. The summed E-state index contributed by atoms with van der Waals surface area (Å²) in [5.74, 6) is -1.24. The smallest absolute Gasteiger partial charge is 0.387 e. The Morgan fingerprint density at radius 1 is 0.964 bits per heavy atom. The number of rotatable bonds is 8. The summed E-state index contributed by atoms with van der Waals surface area (Å²) in [6.07, 6.45) is -1.12. The maximum atomic E-state index is 12.4. The lowest BCUT2D eigenvalue weighted by atomic mass is 10.2. The SMILES string of the molecule is COc1ccccc1NC(=O)C(C)OC(=O)c1ccc(OC(F)F)c(OC)c1. The number of carbonyl (C=O) groups excluding carboxylic acids is 2. The molecule has 1 amide bonds. The first kappa shape index (κ1) is 20.9. The molecule has 7 nitrogen and oxygen atoms in total. The Kier molecular flexibility index (Phi) is 7.14. The van der Waals surface area contributed by atoms with Gasteiger partial charge in [-0.05, 0) is 37.3 Å². The fraction of sp³-hybridized carbons (Fsp3) is 0.263. The van der Waals surface area contributed by atoms with Crippen molar-refractivity contribution in [2.24, 2.45) is 0 Å². The van der Waals surface area contributed by atoms with E-state index in [4.69, 9.17) is 14.2 Å². The fourth-order valence-corrected chi connectivity index (χ4v) is 2.25. The van der Waals surface area contributed by atoms with E-state index >= 15 is 0 Å². The van der Waals surface area contributed by atoms with E-state index in [9.17, 15) is 18.4 Å². The number of amides is 1. The zero-order chi connectivity index (χ0) is 20.7. The zero-order valence-electron chi connectivity index (χ0n) is 15.4. The number of hydrogen-bond acceptors (Lipinski definition) is 6. The number of ether oxygens (including phenoxy) is 4. The Bertz CT molecular complexity index is 843. The molecule has 150 valence electrons. The number of halogens is 2. The molecule has 0 saturated heterocycles. The molecule has 0 bridgehead atoms. The summed E-state index contributed by atoms with van der Waals surface area (Å²) in [5.41, 5.74) is 0.434. The van der Waals surface area contributed by atoms with Gasteiger partial charge >= 0.3 is 12.6 Å². The van der Waals surface area contributed by atoms with Crippen molar-refractivity contribution in [3.8, 4) is 17.2 Å². The first-order valence-electron chi connectivity index (χ1n) is 8.13. The molecule has 0 aliphatic heterocycles. The van der Waals surface area contributed by atoms with Crippen LogP contribution in [0.25, 0.3) is 0 Å². The molecular weight excluding hydrogens is 376 g/mol. The first-order valence-corrected chi connectivity index (χ1v) is 8.13. The Hall–Kier alpha value is -3.36. The minimum Gasteiger partial charge on any atom is -0.495 e. The summed E-state index contributed by atoms with van der Waals surface area (Å²) >= 11 is 0. The summed E-state index contributed by atoms with van der Waals surface area (Å²) in [5, 5.41) is 2.60. The molecule has 0 spiro atoms. The van der Waals surface area contributed by atoms with Gasteiger partial charge in [0.1, 0.15) is 5.75 Å². The van der Waals surface area contributed by atoms with Crippen LogP contribution < -0.4 is 19.5 Å². The molecule has 1 unspecified atom stereocenters. The number of benzene rings is 2. The molecule has 28 heavy (non-hydrogen) atoms. The highest BCUT2D eigenvalue weighted by atomic mass is 19.3. The monoisotopic (exact) mass is 395 g/mol. The van der Waals surface area contributed by atoms with Crippen molar-refractivity contribution in [1.29, 1.82) is 0 Å². The maximum absolute atomic E-state index is 12.4. The molecule has 0 heterocycles. The van der Waals surface area contributed by atoms with Gasteiger partial charge in [-0.1, -0.05) is 12.1 Å². The number of alkyl halides is 2. The van der Waals surface area contributed by atoms with Crippen molar-refractivity contribution in [2.75, 3.05) is 19.5 Å². The number of nitrogens with one attached hydrogen (secondary N) is 1. The molecule has 0 aromatic heterocycles. The lowest BCUT2D eigenvalue weighted by Crippen LogP contribution is -2.30. The van der Waals surface area contributed by atoms with Crippen LogP contribution >= 0.6 is 0 Å². The van der Waals surface area contributed by atoms with Gasteiger partial charge in [0.2, 0.25) is 0 Å². The van der Waals surface area contributed by atoms with E-state index in [1.807, 2.05) is 0 Å². The van der Waals surface area contributed by atoms with E-state index in [0.717, 1.165) is 6.07 Å². The van der Waals surface area contributed by atoms with Crippen molar-refractivity contribution in [3.63, 3.8) is 0 Å². The highest BCUT2D eigenvalue weighted by Crippen LogP contribution is 2.30. The summed E-state index contributed by atoms with van der Waals surface area (Å²) in [6, 6.07) is 10.3.